The quantitative estimate of drug-likeness (QED) is 0.480. The van der Waals surface area contributed by atoms with Gasteiger partial charge in [0.05, 0.1) is 0 Å². The normalized spacial score (nSPS) is 12.5. The molecule has 0 spiro atoms. The van der Waals surface area contributed by atoms with Gasteiger partial charge in [-0.2, -0.15) is 0 Å². The van der Waals surface area contributed by atoms with Crippen molar-refractivity contribution in [2.75, 3.05) is 0 Å². The van der Waals surface area contributed by atoms with Crippen molar-refractivity contribution in [1.29, 1.82) is 0 Å². The molecule has 0 heterocycles. The van der Waals surface area contributed by atoms with Gasteiger partial charge in [-0.15, -0.1) is 0 Å². The zero-order valence-corrected chi connectivity index (χ0v) is 8.55. The third-order valence-electron chi connectivity index (χ3n) is 1.29. The molecule has 0 fully saturated rings. The van der Waals surface area contributed by atoms with Gasteiger partial charge < -0.3 is 4.74 Å². The Kier molecular flexibility index (Phi) is 4.01. The number of carbonyl (C=O) groups excluding carboxylic acids is 1. The third-order valence-corrected chi connectivity index (χ3v) is 1.29. The second-order valence-electron chi connectivity index (χ2n) is 3.80. The molecule has 2 heteroatoms. The monoisotopic (exact) mass is 170 g/mol. The van der Waals surface area contributed by atoms with E-state index < -0.39 is 5.60 Å². The first-order valence-corrected chi connectivity index (χ1v) is 4.22. The molecule has 0 aromatic carbocycles. The molecule has 0 aliphatic carbocycles. The predicted octanol–water partition coefficient (Wildman–Crippen LogP) is 2.54. The number of rotatable bonds is 3. The standard InChI is InChI=1S/C10H18O2/c1-8(2)6-7-10(4,5)12-9(3)11/h6-8H,1-5H3. The van der Waals surface area contributed by atoms with Crippen LogP contribution in [-0.2, 0) is 9.53 Å². The Bertz CT molecular complexity index is 178. The number of carbonyl (C=O) groups is 1. The first-order valence-electron chi connectivity index (χ1n) is 4.22. The number of hydrogen-bond acceptors (Lipinski definition) is 2. The summed E-state index contributed by atoms with van der Waals surface area (Å²) in [5, 5.41) is 0. The zero-order valence-electron chi connectivity index (χ0n) is 8.55. The molecule has 2 nitrogen and oxygen atoms in total. The van der Waals surface area contributed by atoms with Crippen LogP contribution in [-0.4, -0.2) is 11.6 Å². The van der Waals surface area contributed by atoms with Gasteiger partial charge in [-0.25, -0.2) is 0 Å². The van der Waals surface area contributed by atoms with E-state index in [1.807, 2.05) is 26.0 Å². The van der Waals surface area contributed by atoms with Gasteiger partial charge in [0.1, 0.15) is 5.60 Å². The van der Waals surface area contributed by atoms with Gasteiger partial charge in [-0.05, 0) is 25.8 Å². The first kappa shape index (κ1) is 11.2. The SMILES string of the molecule is CC(=O)OC(C)(C)C=CC(C)C. The van der Waals surface area contributed by atoms with Crippen LogP contribution in [0.4, 0.5) is 0 Å². The minimum atomic E-state index is -0.476. The molecule has 0 aliphatic rings. The summed E-state index contributed by atoms with van der Waals surface area (Å²) < 4.78 is 5.06. The largest absolute Gasteiger partial charge is 0.456 e. The predicted molar refractivity (Wildman–Crippen MR) is 49.8 cm³/mol. The highest BCUT2D eigenvalue weighted by molar-refractivity contribution is 5.66. The van der Waals surface area contributed by atoms with Crippen molar-refractivity contribution in [2.45, 2.75) is 40.2 Å². The molecule has 70 valence electrons. The molecule has 0 unspecified atom stereocenters. The fourth-order valence-corrected chi connectivity index (χ4v) is 0.829. The minimum Gasteiger partial charge on any atom is -0.456 e. The van der Waals surface area contributed by atoms with E-state index in [9.17, 15) is 4.79 Å². The smallest absolute Gasteiger partial charge is 0.303 e. The maximum Gasteiger partial charge on any atom is 0.303 e. The van der Waals surface area contributed by atoms with Crippen LogP contribution in [0, 0.1) is 5.92 Å². The Labute approximate surface area is 74.6 Å². The van der Waals surface area contributed by atoms with Crippen LogP contribution in [0.15, 0.2) is 12.2 Å². The maximum atomic E-state index is 10.6. The van der Waals surface area contributed by atoms with Crippen molar-refractivity contribution >= 4 is 5.97 Å². The first-order chi connectivity index (χ1) is 5.33. The molecule has 0 aromatic heterocycles. The Morgan fingerprint density at radius 1 is 1.42 bits per heavy atom. The fraction of sp³-hybridized carbons (Fsp3) is 0.700. The molecule has 0 bridgehead atoms. The summed E-state index contributed by atoms with van der Waals surface area (Å²) in [4.78, 5) is 10.6. The highest BCUT2D eigenvalue weighted by Crippen LogP contribution is 2.12. The van der Waals surface area contributed by atoms with Crippen LogP contribution in [0.2, 0.25) is 0 Å². The van der Waals surface area contributed by atoms with E-state index >= 15 is 0 Å². The maximum absolute atomic E-state index is 10.6. The van der Waals surface area contributed by atoms with E-state index in [1.165, 1.54) is 6.92 Å². The van der Waals surface area contributed by atoms with E-state index in [0.29, 0.717) is 5.92 Å². The Morgan fingerprint density at radius 3 is 2.25 bits per heavy atom. The molecule has 0 aromatic rings. The minimum absolute atomic E-state index is 0.242. The van der Waals surface area contributed by atoms with Gasteiger partial charge in [0.15, 0.2) is 0 Å². The van der Waals surface area contributed by atoms with E-state index in [1.54, 1.807) is 0 Å². The molecule has 0 radical (unpaired) electrons. The number of allylic oxidation sites excluding steroid dienone is 1. The second-order valence-corrected chi connectivity index (χ2v) is 3.80. The summed E-state index contributed by atoms with van der Waals surface area (Å²) in [5.41, 5.74) is -0.476. The van der Waals surface area contributed by atoms with Crippen molar-refractivity contribution in [3.63, 3.8) is 0 Å². The van der Waals surface area contributed by atoms with Crippen LogP contribution in [0.1, 0.15) is 34.6 Å². The lowest BCUT2D eigenvalue weighted by atomic mass is 10.1. The van der Waals surface area contributed by atoms with Gasteiger partial charge in [-0.3, -0.25) is 4.79 Å². The van der Waals surface area contributed by atoms with Gasteiger partial charge in [0, 0.05) is 6.92 Å². The van der Waals surface area contributed by atoms with Crippen molar-refractivity contribution in [1.82, 2.24) is 0 Å². The fourth-order valence-electron chi connectivity index (χ4n) is 0.829. The molecule has 0 atom stereocenters. The summed E-state index contributed by atoms with van der Waals surface area (Å²) in [6.07, 6.45) is 3.95. The summed E-state index contributed by atoms with van der Waals surface area (Å²) in [5.74, 6) is 0.244. The second kappa shape index (κ2) is 4.29. The van der Waals surface area contributed by atoms with Crippen LogP contribution in [0.5, 0.6) is 0 Å². The highest BCUT2D eigenvalue weighted by atomic mass is 16.6. The molecule has 0 rings (SSSR count). The third kappa shape index (κ3) is 5.96. The molecule has 0 aliphatic heterocycles. The van der Waals surface area contributed by atoms with Gasteiger partial charge in [0.25, 0.3) is 0 Å². The summed E-state index contributed by atoms with van der Waals surface area (Å²) in [6, 6.07) is 0. The average molecular weight is 170 g/mol. The molecular formula is C10H18O2. The Hall–Kier alpha value is -0.790. The van der Waals surface area contributed by atoms with Crippen LogP contribution >= 0.6 is 0 Å². The van der Waals surface area contributed by atoms with E-state index in [0.717, 1.165) is 0 Å². The van der Waals surface area contributed by atoms with E-state index in [4.69, 9.17) is 4.74 Å². The lowest BCUT2D eigenvalue weighted by Gasteiger charge is -2.20. The van der Waals surface area contributed by atoms with Crippen LogP contribution < -0.4 is 0 Å². The van der Waals surface area contributed by atoms with Gasteiger partial charge in [0.2, 0.25) is 0 Å². The molecule has 0 saturated heterocycles. The van der Waals surface area contributed by atoms with Crippen molar-refractivity contribution in [2.24, 2.45) is 5.92 Å². The molecule has 0 N–H and O–H groups in total. The van der Waals surface area contributed by atoms with Crippen LogP contribution in [0.3, 0.4) is 0 Å². The number of esters is 1. The van der Waals surface area contributed by atoms with Crippen molar-refractivity contribution in [3.8, 4) is 0 Å². The van der Waals surface area contributed by atoms with Gasteiger partial charge in [-0.1, -0.05) is 19.9 Å². The summed E-state index contributed by atoms with van der Waals surface area (Å²) in [6.45, 7) is 9.33. The van der Waals surface area contributed by atoms with Crippen LogP contribution in [0.25, 0.3) is 0 Å². The van der Waals surface area contributed by atoms with Crippen molar-refractivity contribution < 1.29 is 9.53 Å². The number of ether oxygens (including phenoxy) is 1. The summed E-state index contributed by atoms with van der Waals surface area (Å²) >= 11 is 0. The molecule has 0 amide bonds. The zero-order chi connectivity index (χ0) is 9.78. The number of hydrogen-bond donors (Lipinski definition) is 0. The molecule has 0 saturated carbocycles. The Morgan fingerprint density at radius 2 is 1.92 bits per heavy atom. The molecule has 12 heavy (non-hydrogen) atoms. The van der Waals surface area contributed by atoms with Gasteiger partial charge >= 0.3 is 5.97 Å². The summed E-state index contributed by atoms with van der Waals surface area (Å²) in [7, 11) is 0. The lowest BCUT2D eigenvalue weighted by molar-refractivity contribution is -0.149. The average Bonchev–Trinajstić information content (AvgIpc) is 1.81. The topological polar surface area (TPSA) is 26.3 Å². The lowest BCUT2D eigenvalue weighted by Crippen LogP contribution is -2.24. The molecular weight excluding hydrogens is 152 g/mol. The van der Waals surface area contributed by atoms with Crippen molar-refractivity contribution in [3.05, 3.63) is 12.2 Å². The van der Waals surface area contributed by atoms with E-state index in [-0.39, 0.29) is 5.97 Å². The Balaban J connectivity index is 4.12. The van der Waals surface area contributed by atoms with E-state index in [2.05, 4.69) is 13.8 Å². The highest BCUT2D eigenvalue weighted by Gasteiger charge is 2.16.